The van der Waals surface area contributed by atoms with E-state index >= 15 is 0 Å². The smallest absolute Gasteiger partial charge is 0.270 e. The number of hydrogen-bond donors (Lipinski definition) is 3. The third-order valence-corrected chi connectivity index (χ3v) is 2.66. The van der Waals surface area contributed by atoms with Crippen LogP contribution >= 0.6 is 12.4 Å². The molecule has 0 radical (unpaired) electrons. The van der Waals surface area contributed by atoms with Gasteiger partial charge in [0, 0.05) is 18.8 Å². The van der Waals surface area contributed by atoms with E-state index in [2.05, 4.69) is 24.1 Å². The topological polar surface area (TPSA) is 111 Å². The van der Waals surface area contributed by atoms with Crippen molar-refractivity contribution in [2.24, 2.45) is 17.4 Å². The first-order chi connectivity index (χ1) is 8.93. The van der Waals surface area contributed by atoms with Crippen molar-refractivity contribution < 1.29 is 9.59 Å². The van der Waals surface area contributed by atoms with Crippen molar-refractivity contribution in [3.63, 3.8) is 0 Å². The molecule has 6 nitrogen and oxygen atoms in total. The van der Waals surface area contributed by atoms with E-state index in [9.17, 15) is 9.59 Å². The second-order valence-electron chi connectivity index (χ2n) is 4.83. The van der Waals surface area contributed by atoms with Crippen LogP contribution in [-0.4, -0.2) is 29.4 Å². The Morgan fingerprint density at radius 1 is 1.35 bits per heavy atom. The largest absolute Gasteiger partial charge is 0.366 e. The standard InChI is InChI=1S/C13H20N4O2.ClH/c1-8(2)5-10(6-14)17-13(19)11-4-3-9(7-16-11)12(15)18;/h3-4,7-8,10H,5-6,14H2,1-2H3,(H2,15,18)(H,17,19);1H. The molecule has 1 aromatic heterocycles. The summed E-state index contributed by atoms with van der Waals surface area (Å²) in [6.07, 6.45) is 2.10. The van der Waals surface area contributed by atoms with Gasteiger partial charge in [0.25, 0.3) is 5.91 Å². The van der Waals surface area contributed by atoms with E-state index in [0.29, 0.717) is 12.5 Å². The highest BCUT2D eigenvalue weighted by Crippen LogP contribution is 2.05. The highest BCUT2D eigenvalue weighted by atomic mass is 35.5. The number of carbonyl (C=O) groups is 2. The van der Waals surface area contributed by atoms with Crippen molar-refractivity contribution in [2.45, 2.75) is 26.3 Å². The summed E-state index contributed by atoms with van der Waals surface area (Å²) < 4.78 is 0. The fraction of sp³-hybridized carbons (Fsp3) is 0.462. The van der Waals surface area contributed by atoms with Crippen LogP contribution in [0.15, 0.2) is 18.3 Å². The molecule has 0 spiro atoms. The van der Waals surface area contributed by atoms with Gasteiger partial charge in [0.2, 0.25) is 5.91 Å². The predicted molar refractivity (Wildman–Crippen MR) is 79.8 cm³/mol. The van der Waals surface area contributed by atoms with Crippen LogP contribution in [0.4, 0.5) is 0 Å². The number of aromatic nitrogens is 1. The Hall–Kier alpha value is -1.66. The van der Waals surface area contributed by atoms with Gasteiger partial charge in [-0.1, -0.05) is 13.8 Å². The molecule has 20 heavy (non-hydrogen) atoms. The summed E-state index contributed by atoms with van der Waals surface area (Å²) >= 11 is 0. The summed E-state index contributed by atoms with van der Waals surface area (Å²) in [5.74, 6) is -0.426. The van der Waals surface area contributed by atoms with E-state index < -0.39 is 5.91 Å². The summed E-state index contributed by atoms with van der Waals surface area (Å²) in [7, 11) is 0. The minimum atomic E-state index is -0.570. The van der Waals surface area contributed by atoms with Crippen molar-refractivity contribution in [2.75, 3.05) is 6.54 Å². The molecule has 0 aromatic carbocycles. The molecule has 0 aliphatic rings. The van der Waals surface area contributed by atoms with E-state index in [4.69, 9.17) is 11.5 Å². The quantitative estimate of drug-likeness (QED) is 0.718. The van der Waals surface area contributed by atoms with Crippen LogP contribution in [-0.2, 0) is 0 Å². The van der Waals surface area contributed by atoms with Crippen molar-refractivity contribution in [3.05, 3.63) is 29.6 Å². The first-order valence-electron chi connectivity index (χ1n) is 6.20. The van der Waals surface area contributed by atoms with Crippen molar-refractivity contribution in [1.82, 2.24) is 10.3 Å². The fourth-order valence-corrected chi connectivity index (χ4v) is 1.72. The molecule has 1 heterocycles. The Labute approximate surface area is 124 Å². The second kappa shape index (κ2) is 8.50. The third-order valence-electron chi connectivity index (χ3n) is 2.66. The summed E-state index contributed by atoms with van der Waals surface area (Å²) in [5.41, 5.74) is 11.2. The highest BCUT2D eigenvalue weighted by molar-refractivity contribution is 5.95. The van der Waals surface area contributed by atoms with Crippen LogP contribution < -0.4 is 16.8 Å². The fourth-order valence-electron chi connectivity index (χ4n) is 1.72. The lowest BCUT2D eigenvalue weighted by Crippen LogP contribution is -2.41. The number of nitrogens with one attached hydrogen (secondary N) is 1. The number of nitrogens with two attached hydrogens (primary N) is 2. The summed E-state index contributed by atoms with van der Waals surface area (Å²) in [4.78, 5) is 26.7. The van der Waals surface area contributed by atoms with Gasteiger partial charge in [0.05, 0.1) is 5.56 Å². The van der Waals surface area contributed by atoms with Crippen LogP contribution in [0.1, 0.15) is 41.1 Å². The van der Waals surface area contributed by atoms with Gasteiger partial charge in [-0.3, -0.25) is 14.6 Å². The Morgan fingerprint density at radius 3 is 2.40 bits per heavy atom. The Morgan fingerprint density at radius 2 is 2.00 bits per heavy atom. The molecule has 1 unspecified atom stereocenters. The van der Waals surface area contributed by atoms with E-state index in [0.717, 1.165) is 6.42 Å². The highest BCUT2D eigenvalue weighted by Gasteiger charge is 2.15. The molecule has 112 valence electrons. The molecule has 0 saturated heterocycles. The molecule has 0 fully saturated rings. The molecule has 1 atom stereocenters. The van der Waals surface area contributed by atoms with Crippen LogP contribution in [0.3, 0.4) is 0 Å². The Balaban J connectivity index is 0.00000361. The molecule has 2 amide bonds. The number of nitrogens with zero attached hydrogens (tertiary/aromatic N) is 1. The molecule has 1 aromatic rings. The molecule has 0 aliphatic carbocycles. The predicted octanol–water partition coefficient (Wildman–Crippen LogP) is 0.706. The molecular weight excluding hydrogens is 280 g/mol. The zero-order valence-electron chi connectivity index (χ0n) is 11.6. The van der Waals surface area contributed by atoms with Gasteiger partial charge in [-0.25, -0.2) is 0 Å². The number of pyridine rings is 1. The van der Waals surface area contributed by atoms with Crippen LogP contribution in [0.5, 0.6) is 0 Å². The Bertz CT molecular complexity index is 448. The normalized spacial score (nSPS) is 11.6. The van der Waals surface area contributed by atoms with E-state index in [1.165, 1.54) is 18.3 Å². The average molecular weight is 301 g/mol. The molecule has 0 bridgehead atoms. The molecule has 5 N–H and O–H groups in total. The third kappa shape index (κ3) is 5.54. The Kier molecular flexibility index (Phi) is 7.79. The van der Waals surface area contributed by atoms with E-state index in [1.54, 1.807) is 0 Å². The van der Waals surface area contributed by atoms with Crippen molar-refractivity contribution in [1.29, 1.82) is 0 Å². The van der Waals surface area contributed by atoms with Gasteiger partial charge in [-0.2, -0.15) is 0 Å². The lowest BCUT2D eigenvalue weighted by atomic mass is 10.0. The monoisotopic (exact) mass is 300 g/mol. The maximum atomic E-state index is 11.9. The lowest BCUT2D eigenvalue weighted by molar-refractivity contribution is 0.0926. The molecular formula is C13H21ClN4O2. The van der Waals surface area contributed by atoms with Gasteiger partial charge in [0.1, 0.15) is 5.69 Å². The second-order valence-corrected chi connectivity index (χ2v) is 4.83. The van der Waals surface area contributed by atoms with Gasteiger partial charge in [-0.05, 0) is 24.5 Å². The molecule has 7 heteroatoms. The van der Waals surface area contributed by atoms with Gasteiger partial charge in [-0.15, -0.1) is 12.4 Å². The lowest BCUT2D eigenvalue weighted by Gasteiger charge is -2.18. The minimum Gasteiger partial charge on any atom is -0.366 e. The number of amides is 2. The first-order valence-corrected chi connectivity index (χ1v) is 6.20. The van der Waals surface area contributed by atoms with E-state index in [-0.39, 0.29) is 35.6 Å². The SMILES string of the molecule is CC(C)CC(CN)NC(=O)c1ccc(C(N)=O)cn1.Cl. The molecule has 0 aliphatic heterocycles. The number of rotatable bonds is 6. The van der Waals surface area contributed by atoms with Crippen LogP contribution in [0.25, 0.3) is 0 Å². The van der Waals surface area contributed by atoms with Gasteiger partial charge in [0.15, 0.2) is 0 Å². The summed E-state index contributed by atoms with van der Waals surface area (Å²) in [6.45, 7) is 4.51. The van der Waals surface area contributed by atoms with Gasteiger partial charge >= 0.3 is 0 Å². The van der Waals surface area contributed by atoms with Crippen LogP contribution in [0, 0.1) is 5.92 Å². The molecule has 1 rings (SSSR count). The zero-order valence-corrected chi connectivity index (χ0v) is 12.4. The zero-order chi connectivity index (χ0) is 14.4. The van der Waals surface area contributed by atoms with Gasteiger partial charge < -0.3 is 16.8 Å². The minimum absolute atomic E-state index is 0. The van der Waals surface area contributed by atoms with Crippen LogP contribution in [0.2, 0.25) is 0 Å². The number of carbonyl (C=O) groups excluding carboxylic acids is 2. The maximum absolute atomic E-state index is 11.9. The van der Waals surface area contributed by atoms with E-state index in [1.807, 2.05) is 0 Å². The number of primary amides is 1. The van der Waals surface area contributed by atoms with Crippen molar-refractivity contribution >= 4 is 24.2 Å². The average Bonchev–Trinajstić information content (AvgIpc) is 2.37. The first kappa shape index (κ1) is 18.3. The summed E-state index contributed by atoms with van der Waals surface area (Å²) in [5, 5.41) is 2.82. The number of halogens is 1. The summed E-state index contributed by atoms with van der Waals surface area (Å²) in [6, 6.07) is 2.87. The maximum Gasteiger partial charge on any atom is 0.270 e. The molecule has 0 saturated carbocycles. The number of hydrogen-bond acceptors (Lipinski definition) is 4. The van der Waals surface area contributed by atoms with Crippen molar-refractivity contribution in [3.8, 4) is 0 Å².